The number of aryl methyl sites for hydroxylation is 1. The van der Waals surface area contributed by atoms with Gasteiger partial charge in [0.25, 0.3) is 0 Å². The van der Waals surface area contributed by atoms with Crippen LogP contribution >= 0.6 is 0 Å². The van der Waals surface area contributed by atoms with E-state index in [1.165, 1.54) is 19.6 Å². The van der Waals surface area contributed by atoms with Crippen molar-refractivity contribution in [2.24, 2.45) is 4.99 Å². The minimum atomic E-state index is -1.06. The van der Waals surface area contributed by atoms with Crippen molar-refractivity contribution in [2.75, 3.05) is 7.11 Å². The first-order valence-corrected chi connectivity index (χ1v) is 9.41. The first-order chi connectivity index (χ1) is 14.5. The molecule has 0 aliphatic rings. The van der Waals surface area contributed by atoms with Crippen LogP contribution in [0.25, 0.3) is 0 Å². The summed E-state index contributed by atoms with van der Waals surface area (Å²) < 4.78 is 16.7. The number of carboxylic acid groups (broad SMARTS) is 1. The fourth-order valence-electron chi connectivity index (χ4n) is 2.64. The van der Waals surface area contributed by atoms with Crippen molar-refractivity contribution in [1.29, 1.82) is 0 Å². The van der Waals surface area contributed by atoms with Crippen LogP contribution < -0.4 is 14.2 Å². The Morgan fingerprint density at radius 1 is 1.00 bits per heavy atom. The van der Waals surface area contributed by atoms with Crippen molar-refractivity contribution in [3.8, 4) is 23.0 Å². The highest BCUT2D eigenvalue weighted by atomic mass is 16.5. The number of hydrogen-bond donors (Lipinski definition) is 1. The largest absolute Gasteiger partial charge is 0.493 e. The van der Waals surface area contributed by atoms with E-state index in [2.05, 4.69) is 4.99 Å². The second-order valence-electron chi connectivity index (χ2n) is 6.64. The van der Waals surface area contributed by atoms with E-state index in [1.54, 1.807) is 24.4 Å². The minimum Gasteiger partial charge on any atom is -0.493 e. The van der Waals surface area contributed by atoms with E-state index in [1.807, 2.05) is 55.5 Å². The second-order valence-corrected chi connectivity index (χ2v) is 6.64. The standard InChI is InChI=1S/C24H23NO5/c1-16-7-11-20(12-8-16)30-21-13-9-19(10-14-21)25-15-18-5-4-6-22(28-3)23(18)29-17(2)24(26)27/h4-15,17H,1-3H3,(H,26,27)/t17-/m0/s1. The summed E-state index contributed by atoms with van der Waals surface area (Å²) in [5, 5.41) is 9.14. The van der Waals surface area contributed by atoms with Gasteiger partial charge in [0.15, 0.2) is 17.6 Å². The molecule has 6 heteroatoms. The topological polar surface area (TPSA) is 77.3 Å². The normalized spacial score (nSPS) is 11.8. The third-order valence-corrected chi connectivity index (χ3v) is 4.32. The Bertz CT molecular complexity index is 1030. The molecule has 3 aromatic rings. The Morgan fingerprint density at radius 3 is 2.23 bits per heavy atom. The summed E-state index contributed by atoms with van der Waals surface area (Å²) in [7, 11) is 1.50. The first-order valence-electron chi connectivity index (χ1n) is 9.41. The van der Waals surface area contributed by atoms with Gasteiger partial charge in [-0.2, -0.15) is 0 Å². The molecule has 0 unspecified atom stereocenters. The molecule has 1 N–H and O–H groups in total. The molecular weight excluding hydrogens is 382 g/mol. The zero-order chi connectivity index (χ0) is 21.5. The van der Waals surface area contributed by atoms with Crippen LogP contribution in [0.5, 0.6) is 23.0 Å². The Balaban J connectivity index is 1.76. The maximum atomic E-state index is 11.2. The predicted molar refractivity (Wildman–Crippen MR) is 116 cm³/mol. The number of carbonyl (C=O) groups is 1. The van der Waals surface area contributed by atoms with Crippen molar-refractivity contribution in [1.82, 2.24) is 0 Å². The van der Waals surface area contributed by atoms with Gasteiger partial charge in [-0.3, -0.25) is 4.99 Å². The SMILES string of the molecule is COc1cccc(C=Nc2ccc(Oc3ccc(C)cc3)cc2)c1O[C@@H](C)C(=O)O. The fourth-order valence-corrected chi connectivity index (χ4v) is 2.64. The predicted octanol–water partition coefficient (Wildman–Crippen LogP) is 5.40. The van der Waals surface area contributed by atoms with Crippen molar-refractivity contribution in [3.05, 3.63) is 77.9 Å². The molecule has 0 heterocycles. The Morgan fingerprint density at radius 2 is 1.63 bits per heavy atom. The highest BCUT2D eigenvalue weighted by Gasteiger charge is 2.17. The molecule has 3 rings (SSSR count). The van der Waals surface area contributed by atoms with Gasteiger partial charge in [-0.15, -0.1) is 0 Å². The molecule has 0 aliphatic heterocycles. The van der Waals surface area contributed by atoms with Crippen molar-refractivity contribution < 1.29 is 24.1 Å². The summed E-state index contributed by atoms with van der Waals surface area (Å²) in [6.45, 7) is 3.49. The van der Waals surface area contributed by atoms with Gasteiger partial charge in [0, 0.05) is 11.8 Å². The molecule has 0 amide bonds. The summed E-state index contributed by atoms with van der Waals surface area (Å²) in [6.07, 6.45) is 0.592. The zero-order valence-corrected chi connectivity index (χ0v) is 17.0. The second kappa shape index (κ2) is 9.60. The van der Waals surface area contributed by atoms with Gasteiger partial charge >= 0.3 is 5.97 Å². The van der Waals surface area contributed by atoms with Crippen LogP contribution in [0.2, 0.25) is 0 Å². The molecule has 0 saturated carbocycles. The molecule has 0 aromatic heterocycles. The van der Waals surface area contributed by atoms with E-state index < -0.39 is 12.1 Å². The molecular formula is C24H23NO5. The first kappa shape index (κ1) is 20.9. The third-order valence-electron chi connectivity index (χ3n) is 4.32. The number of para-hydroxylation sites is 1. The van der Waals surface area contributed by atoms with Gasteiger partial charge in [-0.1, -0.05) is 23.8 Å². The van der Waals surface area contributed by atoms with Crippen molar-refractivity contribution >= 4 is 17.9 Å². The van der Waals surface area contributed by atoms with Gasteiger partial charge in [-0.25, -0.2) is 4.79 Å². The number of aliphatic imine (C=N–C) groups is 1. The van der Waals surface area contributed by atoms with Gasteiger partial charge < -0.3 is 19.3 Å². The molecule has 0 aliphatic carbocycles. The highest BCUT2D eigenvalue weighted by molar-refractivity contribution is 5.87. The molecule has 0 bridgehead atoms. The molecule has 0 radical (unpaired) electrons. The zero-order valence-electron chi connectivity index (χ0n) is 17.0. The molecule has 0 fully saturated rings. The lowest BCUT2D eigenvalue weighted by atomic mass is 10.2. The molecule has 154 valence electrons. The monoisotopic (exact) mass is 405 g/mol. The average molecular weight is 405 g/mol. The summed E-state index contributed by atoms with van der Waals surface area (Å²) in [5.74, 6) is 1.18. The lowest BCUT2D eigenvalue weighted by Gasteiger charge is -2.15. The Hall–Kier alpha value is -3.80. The molecule has 1 atom stereocenters. The van der Waals surface area contributed by atoms with Gasteiger partial charge in [-0.05, 0) is 62.4 Å². The molecule has 3 aromatic carbocycles. The van der Waals surface area contributed by atoms with Crippen LogP contribution in [-0.2, 0) is 4.79 Å². The van der Waals surface area contributed by atoms with E-state index >= 15 is 0 Å². The summed E-state index contributed by atoms with van der Waals surface area (Å²) >= 11 is 0. The van der Waals surface area contributed by atoms with Crippen LogP contribution in [0.4, 0.5) is 5.69 Å². The Kier molecular flexibility index (Phi) is 6.70. The summed E-state index contributed by atoms with van der Waals surface area (Å²) in [6, 6.07) is 20.4. The van der Waals surface area contributed by atoms with Gasteiger partial charge in [0.05, 0.1) is 12.8 Å². The minimum absolute atomic E-state index is 0.331. The van der Waals surface area contributed by atoms with E-state index in [-0.39, 0.29) is 0 Å². The van der Waals surface area contributed by atoms with Crippen LogP contribution in [0, 0.1) is 6.92 Å². The molecule has 30 heavy (non-hydrogen) atoms. The van der Waals surface area contributed by atoms with Crippen LogP contribution in [0.15, 0.2) is 71.7 Å². The number of aliphatic carboxylic acids is 1. The maximum Gasteiger partial charge on any atom is 0.344 e. The number of carboxylic acids is 1. The molecule has 0 spiro atoms. The van der Waals surface area contributed by atoms with E-state index in [0.717, 1.165) is 5.75 Å². The Labute approximate surface area is 175 Å². The quantitative estimate of drug-likeness (QED) is 0.508. The molecule has 6 nitrogen and oxygen atoms in total. The maximum absolute atomic E-state index is 11.2. The fraction of sp³-hybridized carbons (Fsp3) is 0.167. The summed E-state index contributed by atoms with van der Waals surface area (Å²) in [4.78, 5) is 15.6. The van der Waals surface area contributed by atoms with Gasteiger partial charge in [0.2, 0.25) is 0 Å². The van der Waals surface area contributed by atoms with Gasteiger partial charge in [0.1, 0.15) is 11.5 Å². The van der Waals surface area contributed by atoms with E-state index in [4.69, 9.17) is 19.3 Å². The number of nitrogens with zero attached hydrogens (tertiary/aromatic N) is 1. The smallest absolute Gasteiger partial charge is 0.344 e. The van der Waals surface area contributed by atoms with E-state index in [9.17, 15) is 4.79 Å². The van der Waals surface area contributed by atoms with Crippen LogP contribution in [0.1, 0.15) is 18.1 Å². The summed E-state index contributed by atoms with van der Waals surface area (Å²) in [5.41, 5.74) is 2.50. The number of hydrogen-bond acceptors (Lipinski definition) is 5. The number of benzene rings is 3. The number of methoxy groups -OCH3 is 1. The van der Waals surface area contributed by atoms with Crippen molar-refractivity contribution in [3.63, 3.8) is 0 Å². The van der Waals surface area contributed by atoms with Crippen molar-refractivity contribution in [2.45, 2.75) is 20.0 Å². The molecule has 0 saturated heterocycles. The highest BCUT2D eigenvalue weighted by Crippen LogP contribution is 2.32. The lowest BCUT2D eigenvalue weighted by molar-refractivity contribution is -0.144. The van der Waals surface area contributed by atoms with Crippen LogP contribution in [-0.4, -0.2) is 30.5 Å². The third kappa shape index (κ3) is 5.38. The van der Waals surface area contributed by atoms with Crippen LogP contribution in [0.3, 0.4) is 0 Å². The average Bonchev–Trinajstić information content (AvgIpc) is 2.75. The number of ether oxygens (including phenoxy) is 3. The lowest BCUT2D eigenvalue weighted by Crippen LogP contribution is -2.23. The van der Waals surface area contributed by atoms with E-state index in [0.29, 0.717) is 28.5 Å². The number of rotatable bonds is 8.